The van der Waals surface area contributed by atoms with Crippen LogP contribution in [-0.2, 0) is 6.54 Å². The highest BCUT2D eigenvalue weighted by Gasteiger charge is 2.22. The number of nitrogens with zero attached hydrogens (tertiary/aromatic N) is 2. The molecule has 1 aliphatic heterocycles. The van der Waals surface area contributed by atoms with E-state index in [0.717, 1.165) is 48.0 Å². The van der Waals surface area contributed by atoms with Gasteiger partial charge in [-0.25, -0.2) is 0 Å². The largest absolute Gasteiger partial charge is 0.336 e. The van der Waals surface area contributed by atoms with Crippen molar-refractivity contribution in [3.8, 4) is 0 Å². The lowest BCUT2D eigenvalue weighted by atomic mass is 10.1. The van der Waals surface area contributed by atoms with Crippen LogP contribution in [0.4, 0.5) is 0 Å². The number of thiophene rings is 1. The Morgan fingerprint density at radius 2 is 1.72 bits per heavy atom. The van der Waals surface area contributed by atoms with Gasteiger partial charge in [-0.3, -0.25) is 9.69 Å². The maximum absolute atomic E-state index is 12.8. The van der Waals surface area contributed by atoms with Crippen LogP contribution in [0.15, 0.2) is 54.6 Å². The van der Waals surface area contributed by atoms with E-state index >= 15 is 0 Å². The van der Waals surface area contributed by atoms with Gasteiger partial charge in [0.05, 0.1) is 4.34 Å². The minimum absolute atomic E-state index is 0.129. The van der Waals surface area contributed by atoms with E-state index in [-0.39, 0.29) is 5.91 Å². The van der Waals surface area contributed by atoms with Crippen molar-refractivity contribution in [3.05, 3.63) is 69.4 Å². The summed E-state index contributed by atoms with van der Waals surface area (Å²) in [5.74, 6) is 0.129. The molecule has 0 N–H and O–H groups in total. The molecule has 128 valence electrons. The molecule has 0 bridgehead atoms. The van der Waals surface area contributed by atoms with Gasteiger partial charge in [0.2, 0.25) is 0 Å². The third kappa shape index (κ3) is 3.71. The Morgan fingerprint density at radius 3 is 2.44 bits per heavy atom. The minimum atomic E-state index is 0.129. The van der Waals surface area contributed by atoms with Crippen molar-refractivity contribution < 1.29 is 4.79 Å². The monoisotopic (exact) mass is 370 g/mol. The molecule has 0 atom stereocenters. The first-order valence-electron chi connectivity index (χ1n) is 8.44. The van der Waals surface area contributed by atoms with E-state index in [1.54, 1.807) is 11.3 Å². The number of benzene rings is 2. The van der Waals surface area contributed by atoms with Crippen LogP contribution in [-0.4, -0.2) is 41.9 Å². The lowest BCUT2D eigenvalue weighted by Crippen LogP contribution is -2.48. The second kappa shape index (κ2) is 7.16. The Kier molecular flexibility index (Phi) is 4.75. The van der Waals surface area contributed by atoms with E-state index in [2.05, 4.69) is 23.1 Å². The van der Waals surface area contributed by atoms with E-state index < -0.39 is 0 Å². The topological polar surface area (TPSA) is 23.6 Å². The molecule has 0 saturated carbocycles. The zero-order chi connectivity index (χ0) is 17.2. The predicted molar refractivity (Wildman–Crippen MR) is 104 cm³/mol. The molecule has 1 fully saturated rings. The molecule has 0 spiro atoms. The highest BCUT2D eigenvalue weighted by molar-refractivity contribution is 7.16. The number of amides is 1. The van der Waals surface area contributed by atoms with Crippen LogP contribution in [0.3, 0.4) is 0 Å². The predicted octanol–water partition coefficient (Wildman–Crippen LogP) is 4.51. The molecule has 1 aromatic heterocycles. The van der Waals surface area contributed by atoms with Crippen molar-refractivity contribution in [3.63, 3.8) is 0 Å². The molecule has 1 aliphatic rings. The van der Waals surface area contributed by atoms with Crippen molar-refractivity contribution in [1.82, 2.24) is 9.80 Å². The molecule has 4 rings (SSSR count). The second-order valence-electron chi connectivity index (χ2n) is 6.34. The van der Waals surface area contributed by atoms with E-state index in [1.807, 2.05) is 41.3 Å². The summed E-state index contributed by atoms with van der Waals surface area (Å²) in [6.45, 7) is 4.24. The molecule has 0 unspecified atom stereocenters. The molecule has 2 heterocycles. The van der Waals surface area contributed by atoms with Crippen molar-refractivity contribution in [1.29, 1.82) is 0 Å². The maximum atomic E-state index is 12.8. The fraction of sp³-hybridized carbons (Fsp3) is 0.250. The summed E-state index contributed by atoms with van der Waals surface area (Å²) >= 11 is 7.63. The van der Waals surface area contributed by atoms with Gasteiger partial charge in [-0.1, -0.05) is 41.9 Å². The van der Waals surface area contributed by atoms with Gasteiger partial charge in [-0.2, -0.15) is 0 Å². The maximum Gasteiger partial charge on any atom is 0.253 e. The summed E-state index contributed by atoms with van der Waals surface area (Å²) < 4.78 is 0.833. The SMILES string of the molecule is O=C(c1ccc2ccccc2c1)N1CCN(Cc2ccc(Cl)s2)CC1. The van der Waals surface area contributed by atoms with Gasteiger partial charge in [0.1, 0.15) is 0 Å². The standard InChI is InChI=1S/C20H19ClN2OS/c21-19-8-7-18(25-19)14-22-9-11-23(12-10-22)20(24)17-6-5-15-3-1-2-4-16(15)13-17/h1-8,13H,9-12,14H2. The minimum Gasteiger partial charge on any atom is -0.336 e. The van der Waals surface area contributed by atoms with Crippen molar-refractivity contribution in [2.45, 2.75) is 6.54 Å². The van der Waals surface area contributed by atoms with Crippen molar-refractivity contribution in [2.24, 2.45) is 0 Å². The lowest BCUT2D eigenvalue weighted by Gasteiger charge is -2.34. The molecule has 25 heavy (non-hydrogen) atoms. The summed E-state index contributed by atoms with van der Waals surface area (Å²) in [7, 11) is 0. The van der Waals surface area contributed by atoms with Crippen LogP contribution in [0.1, 0.15) is 15.2 Å². The third-order valence-electron chi connectivity index (χ3n) is 4.66. The Morgan fingerprint density at radius 1 is 0.960 bits per heavy atom. The molecule has 5 heteroatoms. The number of hydrogen-bond donors (Lipinski definition) is 0. The van der Waals surface area contributed by atoms with Gasteiger partial charge >= 0.3 is 0 Å². The molecule has 1 amide bonds. The van der Waals surface area contributed by atoms with Gasteiger partial charge in [0.25, 0.3) is 5.91 Å². The molecular weight excluding hydrogens is 352 g/mol. The lowest BCUT2D eigenvalue weighted by molar-refractivity contribution is 0.0630. The van der Waals surface area contributed by atoms with Gasteiger partial charge in [0.15, 0.2) is 0 Å². The van der Waals surface area contributed by atoms with Crippen LogP contribution in [0, 0.1) is 0 Å². The normalized spacial score (nSPS) is 15.6. The van der Waals surface area contributed by atoms with Gasteiger partial charge in [0, 0.05) is 43.2 Å². The first kappa shape index (κ1) is 16.6. The van der Waals surface area contributed by atoms with Crippen LogP contribution in [0.2, 0.25) is 4.34 Å². The molecule has 2 aromatic carbocycles. The molecule has 3 nitrogen and oxygen atoms in total. The summed E-state index contributed by atoms with van der Waals surface area (Å²) in [5, 5.41) is 2.28. The molecule has 1 saturated heterocycles. The van der Waals surface area contributed by atoms with Crippen LogP contribution >= 0.6 is 22.9 Å². The fourth-order valence-electron chi connectivity index (χ4n) is 3.27. The fourth-order valence-corrected chi connectivity index (χ4v) is 4.40. The van der Waals surface area contributed by atoms with Crippen molar-refractivity contribution in [2.75, 3.05) is 26.2 Å². The van der Waals surface area contributed by atoms with Crippen LogP contribution in [0.25, 0.3) is 10.8 Å². The summed E-state index contributed by atoms with van der Waals surface area (Å²) in [5.41, 5.74) is 0.775. The summed E-state index contributed by atoms with van der Waals surface area (Å²) in [6, 6.07) is 18.1. The van der Waals surface area contributed by atoms with E-state index in [4.69, 9.17) is 11.6 Å². The quantitative estimate of drug-likeness (QED) is 0.677. The molecule has 0 aliphatic carbocycles. The first-order valence-corrected chi connectivity index (χ1v) is 9.63. The number of fused-ring (bicyclic) bond motifs is 1. The Hall–Kier alpha value is -1.88. The number of hydrogen-bond acceptors (Lipinski definition) is 3. The molecular formula is C20H19ClN2OS. The molecule has 3 aromatic rings. The third-order valence-corrected chi connectivity index (χ3v) is 5.88. The zero-order valence-corrected chi connectivity index (χ0v) is 15.4. The van der Waals surface area contributed by atoms with E-state index in [0.29, 0.717) is 0 Å². The van der Waals surface area contributed by atoms with E-state index in [9.17, 15) is 4.79 Å². The average molecular weight is 371 g/mol. The zero-order valence-electron chi connectivity index (χ0n) is 13.8. The summed E-state index contributed by atoms with van der Waals surface area (Å²) in [4.78, 5) is 18.4. The smallest absolute Gasteiger partial charge is 0.253 e. The average Bonchev–Trinajstić information content (AvgIpc) is 3.06. The van der Waals surface area contributed by atoms with Crippen molar-refractivity contribution >= 4 is 39.6 Å². The number of carbonyl (C=O) groups is 1. The van der Waals surface area contributed by atoms with E-state index in [1.165, 1.54) is 10.3 Å². The van der Waals surface area contributed by atoms with Gasteiger partial charge in [-0.15, -0.1) is 11.3 Å². The Labute approximate surface area is 156 Å². The second-order valence-corrected chi connectivity index (χ2v) is 8.14. The van der Waals surface area contributed by atoms with Gasteiger partial charge < -0.3 is 4.90 Å². The highest BCUT2D eigenvalue weighted by atomic mass is 35.5. The number of carbonyl (C=O) groups excluding carboxylic acids is 1. The van der Waals surface area contributed by atoms with Gasteiger partial charge in [-0.05, 0) is 35.0 Å². The number of halogens is 1. The highest BCUT2D eigenvalue weighted by Crippen LogP contribution is 2.23. The number of piperazine rings is 1. The summed E-state index contributed by atoms with van der Waals surface area (Å²) in [6.07, 6.45) is 0. The van der Waals surface area contributed by atoms with Crippen LogP contribution in [0.5, 0.6) is 0 Å². The Balaban J connectivity index is 1.40. The first-order chi connectivity index (χ1) is 12.2. The number of rotatable bonds is 3. The molecule has 0 radical (unpaired) electrons. The van der Waals surface area contributed by atoms with Crippen LogP contribution < -0.4 is 0 Å². The Bertz CT molecular complexity index is 899.